The lowest BCUT2D eigenvalue weighted by atomic mass is 10.1. The van der Waals surface area contributed by atoms with Crippen molar-refractivity contribution in [3.63, 3.8) is 0 Å². The van der Waals surface area contributed by atoms with Crippen LogP contribution in [-0.4, -0.2) is 38.9 Å². The number of tetrazole rings is 1. The highest BCUT2D eigenvalue weighted by atomic mass is 16.5. The molecule has 0 aliphatic heterocycles. The van der Waals surface area contributed by atoms with E-state index in [2.05, 4.69) is 25.9 Å². The number of methoxy groups -OCH3 is 1. The normalized spacial score (nSPS) is 11.2. The van der Waals surface area contributed by atoms with Crippen molar-refractivity contribution < 1.29 is 9.53 Å². The maximum atomic E-state index is 12.4. The Hall–Kier alpha value is -4.33. The van der Waals surface area contributed by atoms with Crippen molar-refractivity contribution in [3.05, 3.63) is 95.6 Å². The standard InChI is InChI=1S/C24H22N6O2/c1-17(19-12-14-22(32-2)15-13-19)25-27-24(31)21-10-8-18(9-11-21)16-30-28-23(26-29-30)20-6-4-3-5-7-20/h3-15H,16H2,1-2H3,(H,27,31)/b25-17-. The van der Waals surface area contributed by atoms with Gasteiger partial charge in [0, 0.05) is 11.1 Å². The van der Waals surface area contributed by atoms with Gasteiger partial charge < -0.3 is 4.74 Å². The molecule has 0 bridgehead atoms. The topological polar surface area (TPSA) is 94.3 Å². The second-order valence-corrected chi connectivity index (χ2v) is 7.07. The van der Waals surface area contributed by atoms with Gasteiger partial charge in [-0.15, -0.1) is 10.2 Å². The summed E-state index contributed by atoms with van der Waals surface area (Å²) < 4.78 is 5.15. The number of aromatic nitrogens is 4. The van der Waals surface area contributed by atoms with Crippen LogP contribution in [0.5, 0.6) is 5.75 Å². The van der Waals surface area contributed by atoms with Gasteiger partial charge in [0.25, 0.3) is 5.91 Å². The maximum absolute atomic E-state index is 12.4. The van der Waals surface area contributed by atoms with Gasteiger partial charge in [-0.3, -0.25) is 4.79 Å². The molecule has 4 aromatic rings. The Labute approximate surface area is 185 Å². The summed E-state index contributed by atoms with van der Waals surface area (Å²) in [6.45, 7) is 2.29. The summed E-state index contributed by atoms with van der Waals surface area (Å²) in [4.78, 5) is 14.0. The van der Waals surface area contributed by atoms with Crippen LogP contribution in [0, 0.1) is 0 Å². The average molecular weight is 426 g/mol. The summed E-state index contributed by atoms with van der Waals surface area (Å²) in [5.41, 5.74) is 6.57. The van der Waals surface area contributed by atoms with Gasteiger partial charge in [0.2, 0.25) is 5.82 Å². The molecule has 1 N–H and O–H groups in total. The molecule has 8 heteroatoms. The molecule has 1 aromatic heterocycles. The predicted octanol–water partition coefficient (Wildman–Crippen LogP) is 3.55. The third-order valence-electron chi connectivity index (χ3n) is 4.86. The summed E-state index contributed by atoms with van der Waals surface area (Å²) in [6.07, 6.45) is 0. The molecule has 32 heavy (non-hydrogen) atoms. The molecule has 4 rings (SSSR count). The minimum atomic E-state index is -0.283. The molecule has 1 amide bonds. The quantitative estimate of drug-likeness (QED) is 0.360. The minimum Gasteiger partial charge on any atom is -0.497 e. The van der Waals surface area contributed by atoms with Crippen LogP contribution in [0.2, 0.25) is 0 Å². The van der Waals surface area contributed by atoms with Crippen LogP contribution >= 0.6 is 0 Å². The zero-order chi connectivity index (χ0) is 22.3. The molecule has 0 fully saturated rings. The Kier molecular flexibility index (Phi) is 6.31. The Morgan fingerprint density at radius 1 is 0.969 bits per heavy atom. The molecule has 1 heterocycles. The van der Waals surface area contributed by atoms with E-state index in [1.54, 1.807) is 19.2 Å². The molecule has 3 aromatic carbocycles. The van der Waals surface area contributed by atoms with Crippen molar-refractivity contribution in [2.45, 2.75) is 13.5 Å². The predicted molar refractivity (Wildman–Crippen MR) is 121 cm³/mol. The van der Waals surface area contributed by atoms with E-state index in [1.165, 1.54) is 4.80 Å². The highest BCUT2D eigenvalue weighted by molar-refractivity contribution is 6.00. The number of benzene rings is 3. The molecule has 0 saturated carbocycles. The van der Waals surface area contributed by atoms with Crippen molar-refractivity contribution >= 4 is 11.6 Å². The fourth-order valence-electron chi connectivity index (χ4n) is 3.03. The molecule has 0 unspecified atom stereocenters. The average Bonchev–Trinajstić information content (AvgIpc) is 3.32. The largest absolute Gasteiger partial charge is 0.497 e. The van der Waals surface area contributed by atoms with Crippen LogP contribution in [0.3, 0.4) is 0 Å². The number of amides is 1. The van der Waals surface area contributed by atoms with E-state index in [1.807, 2.05) is 73.7 Å². The molecule has 0 radical (unpaired) electrons. The number of hydrogen-bond donors (Lipinski definition) is 1. The first-order chi connectivity index (χ1) is 15.6. The number of hydrogen-bond acceptors (Lipinski definition) is 6. The molecular weight excluding hydrogens is 404 g/mol. The smallest absolute Gasteiger partial charge is 0.271 e. The molecule has 8 nitrogen and oxygen atoms in total. The van der Waals surface area contributed by atoms with Gasteiger partial charge >= 0.3 is 0 Å². The van der Waals surface area contributed by atoms with Gasteiger partial charge in [0.05, 0.1) is 19.4 Å². The Morgan fingerprint density at radius 2 is 1.66 bits per heavy atom. The number of rotatable bonds is 7. The van der Waals surface area contributed by atoms with Gasteiger partial charge in [0.15, 0.2) is 0 Å². The van der Waals surface area contributed by atoms with Crippen molar-refractivity contribution in [2.24, 2.45) is 5.10 Å². The SMILES string of the molecule is COc1ccc(/C(C)=N\NC(=O)c2ccc(Cn3nnc(-c4ccccc4)n3)cc2)cc1. The van der Waals surface area contributed by atoms with Crippen molar-refractivity contribution in [2.75, 3.05) is 7.11 Å². The van der Waals surface area contributed by atoms with E-state index in [-0.39, 0.29) is 5.91 Å². The lowest BCUT2D eigenvalue weighted by Gasteiger charge is -2.05. The minimum absolute atomic E-state index is 0.283. The number of ether oxygens (including phenoxy) is 1. The fraction of sp³-hybridized carbons (Fsp3) is 0.125. The first kappa shape index (κ1) is 20.9. The zero-order valence-electron chi connectivity index (χ0n) is 17.8. The van der Waals surface area contributed by atoms with E-state index in [4.69, 9.17) is 4.74 Å². The van der Waals surface area contributed by atoms with Crippen molar-refractivity contribution in [1.29, 1.82) is 0 Å². The van der Waals surface area contributed by atoms with Gasteiger partial charge in [-0.1, -0.05) is 42.5 Å². The highest BCUT2D eigenvalue weighted by Gasteiger charge is 2.08. The van der Waals surface area contributed by atoms with Gasteiger partial charge in [-0.25, -0.2) is 5.43 Å². The summed E-state index contributed by atoms with van der Waals surface area (Å²) in [5.74, 6) is 1.06. The first-order valence-corrected chi connectivity index (χ1v) is 10.0. The Balaban J connectivity index is 1.36. The zero-order valence-corrected chi connectivity index (χ0v) is 17.8. The fourth-order valence-corrected chi connectivity index (χ4v) is 3.03. The molecule has 0 aliphatic carbocycles. The third kappa shape index (κ3) is 5.04. The molecule has 0 saturated heterocycles. The molecule has 0 atom stereocenters. The van der Waals surface area contributed by atoms with Gasteiger partial charge in [-0.2, -0.15) is 9.90 Å². The first-order valence-electron chi connectivity index (χ1n) is 10.0. The molecular formula is C24H22N6O2. The lowest BCUT2D eigenvalue weighted by Crippen LogP contribution is -2.19. The number of nitrogens with zero attached hydrogens (tertiary/aromatic N) is 5. The van der Waals surface area contributed by atoms with Crippen LogP contribution in [0.4, 0.5) is 0 Å². The van der Waals surface area contributed by atoms with Crippen molar-refractivity contribution in [3.8, 4) is 17.1 Å². The summed E-state index contributed by atoms with van der Waals surface area (Å²) in [5, 5.41) is 16.8. The van der Waals surface area contributed by atoms with E-state index in [0.29, 0.717) is 23.6 Å². The Morgan fingerprint density at radius 3 is 2.34 bits per heavy atom. The second-order valence-electron chi connectivity index (χ2n) is 7.07. The van der Waals surface area contributed by atoms with E-state index in [0.717, 1.165) is 22.4 Å². The number of carbonyl (C=O) groups excluding carboxylic acids is 1. The molecule has 160 valence electrons. The number of carbonyl (C=O) groups is 1. The van der Waals surface area contributed by atoms with E-state index in [9.17, 15) is 4.79 Å². The summed E-state index contributed by atoms with van der Waals surface area (Å²) in [7, 11) is 1.62. The third-order valence-corrected chi connectivity index (χ3v) is 4.86. The van der Waals surface area contributed by atoms with Crippen LogP contribution < -0.4 is 10.2 Å². The van der Waals surface area contributed by atoms with Gasteiger partial charge in [0.1, 0.15) is 5.75 Å². The molecule has 0 spiro atoms. The summed E-state index contributed by atoms with van der Waals surface area (Å²) in [6, 6.07) is 24.4. The van der Waals surface area contributed by atoms with Crippen LogP contribution in [0.25, 0.3) is 11.4 Å². The monoisotopic (exact) mass is 426 g/mol. The van der Waals surface area contributed by atoms with Crippen molar-refractivity contribution in [1.82, 2.24) is 25.6 Å². The van der Waals surface area contributed by atoms with Crippen LogP contribution in [0.15, 0.2) is 84.0 Å². The van der Waals surface area contributed by atoms with E-state index < -0.39 is 0 Å². The summed E-state index contributed by atoms with van der Waals surface area (Å²) >= 11 is 0. The number of hydrazone groups is 1. The number of nitrogens with one attached hydrogen (secondary N) is 1. The van der Waals surface area contributed by atoms with Crippen LogP contribution in [0.1, 0.15) is 28.4 Å². The molecule has 0 aliphatic rings. The van der Waals surface area contributed by atoms with E-state index >= 15 is 0 Å². The Bertz CT molecular complexity index is 1220. The van der Waals surface area contributed by atoms with Crippen LogP contribution in [-0.2, 0) is 6.54 Å². The maximum Gasteiger partial charge on any atom is 0.271 e. The second kappa shape index (κ2) is 9.65. The lowest BCUT2D eigenvalue weighted by molar-refractivity contribution is 0.0955. The van der Waals surface area contributed by atoms with Gasteiger partial charge in [-0.05, 0) is 59.7 Å². The highest BCUT2D eigenvalue weighted by Crippen LogP contribution is 2.13.